The van der Waals surface area contributed by atoms with Crippen molar-refractivity contribution in [2.24, 2.45) is 4.99 Å². The predicted molar refractivity (Wildman–Crippen MR) is 155 cm³/mol. The molecule has 198 valence electrons. The van der Waals surface area contributed by atoms with Crippen molar-refractivity contribution < 1.29 is 9.67 Å². The molecule has 37 heavy (non-hydrogen) atoms. The van der Waals surface area contributed by atoms with Crippen molar-refractivity contribution >= 4 is 6.21 Å². The molecule has 2 atom stereocenters. The minimum atomic E-state index is -0.151. The van der Waals surface area contributed by atoms with Crippen LogP contribution >= 0.6 is 0 Å². The van der Waals surface area contributed by atoms with Gasteiger partial charge in [-0.15, -0.1) is 0 Å². The van der Waals surface area contributed by atoms with Crippen molar-refractivity contribution in [3.63, 3.8) is 0 Å². The van der Waals surface area contributed by atoms with E-state index in [1.54, 1.807) is 0 Å². The van der Waals surface area contributed by atoms with Crippen molar-refractivity contribution in [1.82, 2.24) is 4.57 Å². The van der Waals surface area contributed by atoms with E-state index in [-0.39, 0.29) is 22.9 Å². The lowest BCUT2D eigenvalue weighted by Crippen LogP contribution is -2.34. The number of phenolic OH excluding ortho intramolecular Hbond substituents is 1. The monoisotopic (exact) mass is 500 g/mol. The van der Waals surface area contributed by atoms with Crippen LogP contribution in [0.1, 0.15) is 110 Å². The van der Waals surface area contributed by atoms with Gasteiger partial charge in [0.05, 0.1) is 12.1 Å². The topological polar surface area (TPSA) is 41.4 Å². The summed E-state index contributed by atoms with van der Waals surface area (Å²) in [6.45, 7) is 17.6. The third-order valence-corrected chi connectivity index (χ3v) is 7.74. The first-order chi connectivity index (χ1) is 17.4. The molecule has 4 heteroatoms. The fraction of sp³-hybridized carbons (Fsp3) is 0.515. The lowest BCUT2D eigenvalue weighted by Gasteiger charge is -2.28. The zero-order valence-corrected chi connectivity index (χ0v) is 24.1. The highest BCUT2D eigenvalue weighted by Gasteiger charge is 2.33. The van der Waals surface area contributed by atoms with Gasteiger partial charge in [-0.05, 0) is 55.6 Å². The molecule has 4 nitrogen and oxygen atoms in total. The van der Waals surface area contributed by atoms with Gasteiger partial charge < -0.3 is 5.11 Å². The molecule has 1 aromatic heterocycles. The van der Waals surface area contributed by atoms with E-state index < -0.39 is 0 Å². The van der Waals surface area contributed by atoms with Gasteiger partial charge in [-0.3, -0.25) is 4.99 Å². The highest BCUT2D eigenvalue weighted by molar-refractivity contribution is 5.85. The fourth-order valence-corrected chi connectivity index (χ4v) is 5.35. The van der Waals surface area contributed by atoms with Gasteiger partial charge in [-0.25, -0.2) is 9.13 Å². The van der Waals surface area contributed by atoms with Gasteiger partial charge in [-0.2, -0.15) is 0 Å². The molecule has 0 spiro atoms. The maximum absolute atomic E-state index is 11.3. The van der Waals surface area contributed by atoms with E-state index in [1.807, 2.05) is 6.21 Å². The van der Waals surface area contributed by atoms with E-state index >= 15 is 0 Å². The Kier molecular flexibility index (Phi) is 7.69. The summed E-state index contributed by atoms with van der Waals surface area (Å²) in [5.74, 6) is 0.361. The van der Waals surface area contributed by atoms with Crippen molar-refractivity contribution in [3.05, 3.63) is 71.7 Å². The third kappa shape index (κ3) is 6.00. The lowest BCUT2D eigenvalue weighted by atomic mass is 9.79. The predicted octanol–water partition coefficient (Wildman–Crippen LogP) is 7.93. The number of nitrogens with zero attached hydrogens (tertiary/aromatic N) is 3. The molecule has 2 aromatic carbocycles. The zero-order valence-electron chi connectivity index (χ0n) is 24.1. The standard InChI is InChI=1S/C33H45N3O/c1-23(2)35-21-30(24-14-10-9-11-15-24)36(22-35)29-17-13-12-16-28(29)34-20-25-18-26(32(3,4)5)19-27(31(25)37)33(6,7)8/h9-11,14-15,18-23,28-29H,12-13,16-17H2,1-8H3/p+1/t28-,29-/m1/s1. The Morgan fingerprint density at radius 3 is 2.27 bits per heavy atom. The van der Waals surface area contributed by atoms with Gasteiger partial charge in [0.2, 0.25) is 6.33 Å². The molecule has 1 aliphatic carbocycles. The summed E-state index contributed by atoms with van der Waals surface area (Å²) in [5.41, 5.74) is 5.36. The highest BCUT2D eigenvalue weighted by Crippen LogP contribution is 2.38. The van der Waals surface area contributed by atoms with Crippen LogP contribution in [0.3, 0.4) is 0 Å². The first-order valence-corrected chi connectivity index (χ1v) is 14.0. The van der Waals surface area contributed by atoms with E-state index in [9.17, 15) is 5.11 Å². The van der Waals surface area contributed by atoms with Crippen LogP contribution in [-0.4, -0.2) is 21.9 Å². The second-order valence-corrected chi connectivity index (χ2v) is 13.1. The summed E-state index contributed by atoms with van der Waals surface area (Å²) in [5, 5.41) is 11.3. The zero-order chi connectivity index (χ0) is 27.0. The molecule has 0 unspecified atom stereocenters. The van der Waals surface area contributed by atoms with Crippen molar-refractivity contribution in [2.45, 2.75) is 110 Å². The first-order valence-electron chi connectivity index (χ1n) is 14.0. The van der Waals surface area contributed by atoms with Gasteiger partial charge in [0.15, 0.2) is 5.69 Å². The summed E-state index contributed by atoms with van der Waals surface area (Å²) < 4.78 is 4.77. The molecule has 0 amide bonds. The van der Waals surface area contributed by atoms with E-state index in [2.05, 4.69) is 120 Å². The maximum Gasteiger partial charge on any atom is 0.244 e. The summed E-state index contributed by atoms with van der Waals surface area (Å²) in [6, 6.07) is 15.8. The van der Waals surface area contributed by atoms with E-state index in [0.29, 0.717) is 11.8 Å². The Labute approximate surface area is 224 Å². The SMILES string of the molecule is CC(C)[n+]1cc(-c2ccccc2)n([C@@H]2CCCC[C@H]2N=Cc2cc(C(C)(C)C)cc(C(C)(C)C)c2O)c1. The van der Waals surface area contributed by atoms with E-state index in [1.165, 1.54) is 29.7 Å². The third-order valence-electron chi connectivity index (χ3n) is 7.74. The molecular weight excluding hydrogens is 454 g/mol. The quantitative estimate of drug-likeness (QED) is 0.280. The number of hydrogen-bond acceptors (Lipinski definition) is 2. The molecular formula is C33H46N3O+. The smallest absolute Gasteiger partial charge is 0.244 e. The number of hydrogen-bond donors (Lipinski definition) is 1. The molecule has 1 N–H and O–H groups in total. The van der Waals surface area contributed by atoms with Crippen LogP contribution in [-0.2, 0) is 10.8 Å². The van der Waals surface area contributed by atoms with Gasteiger partial charge in [0.25, 0.3) is 0 Å². The van der Waals surface area contributed by atoms with E-state index in [0.717, 1.165) is 24.0 Å². The number of rotatable bonds is 5. The lowest BCUT2D eigenvalue weighted by molar-refractivity contribution is -0.715. The minimum absolute atomic E-state index is 0.0101. The molecule has 1 heterocycles. The first kappa shape index (κ1) is 27.2. The Morgan fingerprint density at radius 1 is 0.973 bits per heavy atom. The molecule has 1 aliphatic rings. The molecule has 1 fully saturated rings. The highest BCUT2D eigenvalue weighted by atomic mass is 16.3. The summed E-state index contributed by atoms with van der Waals surface area (Å²) in [4.78, 5) is 5.19. The van der Waals surface area contributed by atoms with Crippen LogP contribution in [0.4, 0.5) is 0 Å². The average molecular weight is 501 g/mol. The van der Waals surface area contributed by atoms with Crippen LogP contribution in [0.2, 0.25) is 0 Å². The second kappa shape index (κ2) is 10.5. The van der Waals surface area contributed by atoms with Gasteiger partial charge >= 0.3 is 0 Å². The molecule has 0 radical (unpaired) electrons. The van der Waals surface area contributed by atoms with Crippen LogP contribution in [0.15, 0.2) is 60.0 Å². The Morgan fingerprint density at radius 2 is 1.65 bits per heavy atom. The van der Waals surface area contributed by atoms with Gasteiger partial charge in [0.1, 0.15) is 18.0 Å². The second-order valence-electron chi connectivity index (χ2n) is 13.1. The van der Waals surface area contributed by atoms with Crippen LogP contribution < -0.4 is 4.57 Å². The normalized spacial score (nSPS) is 19.2. The molecule has 0 saturated heterocycles. The summed E-state index contributed by atoms with van der Waals surface area (Å²) in [6.07, 6.45) is 11.1. The minimum Gasteiger partial charge on any atom is -0.507 e. The number of imidazole rings is 1. The van der Waals surface area contributed by atoms with Gasteiger partial charge in [-0.1, -0.05) is 84.4 Å². The number of aliphatic imine (C=N–C) groups is 1. The molecule has 0 aliphatic heterocycles. The molecule has 0 bridgehead atoms. The summed E-state index contributed by atoms with van der Waals surface area (Å²) >= 11 is 0. The number of benzene rings is 2. The largest absolute Gasteiger partial charge is 0.507 e. The van der Waals surface area contributed by atoms with Crippen molar-refractivity contribution in [3.8, 4) is 17.0 Å². The Balaban J connectivity index is 1.76. The van der Waals surface area contributed by atoms with Gasteiger partial charge in [0, 0.05) is 22.9 Å². The maximum atomic E-state index is 11.3. The number of aromatic hydroxyl groups is 1. The Hall–Kier alpha value is -2.88. The molecule has 4 rings (SSSR count). The summed E-state index contributed by atoms with van der Waals surface area (Å²) in [7, 11) is 0. The van der Waals surface area contributed by atoms with Crippen molar-refractivity contribution in [2.75, 3.05) is 0 Å². The van der Waals surface area contributed by atoms with E-state index in [4.69, 9.17) is 4.99 Å². The van der Waals surface area contributed by atoms with Crippen LogP contribution in [0.25, 0.3) is 11.3 Å². The average Bonchev–Trinajstić information content (AvgIpc) is 3.28. The molecule has 1 saturated carbocycles. The van der Waals surface area contributed by atoms with Crippen LogP contribution in [0.5, 0.6) is 5.75 Å². The number of phenols is 1. The number of aromatic nitrogens is 2. The van der Waals surface area contributed by atoms with Crippen molar-refractivity contribution in [1.29, 1.82) is 0 Å². The Bertz CT molecular complexity index is 1240. The van der Waals surface area contributed by atoms with Crippen LogP contribution in [0, 0.1) is 0 Å². The molecule has 3 aromatic rings. The fourth-order valence-electron chi connectivity index (χ4n) is 5.35.